The molecule has 1 amide bonds. The molecule has 9 nitrogen and oxygen atoms in total. The third-order valence-electron chi connectivity index (χ3n) is 7.04. The number of H-pyrrole nitrogens is 1. The second-order valence-corrected chi connectivity index (χ2v) is 9.84. The van der Waals surface area contributed by atoms with Crippen molar-refractivity contribution < 1.29 is 22.7 Å². The van der Waals surface area contributed by atoms with Crippen LogP contribution in [0.3, 0.4) is 0 Å². The maximum Gasteiger partial charge on any atom is 0.397 e. The van der Waals surface area contributed by atoms with E-state index in [4.69, 9.17) is 9.72 Å². The van der Waals surface area contributed by atoms with Crippen LogP contribution in [0.5, 0.6) is 0 Å². The van der Waals surface area contributed by atoms with Crippen LogP contribution in [0.2, 0.25) is 0 Å². The molecule has 1 N–H and O–H groups in total. The lowest BCUT2D eigenvalue weighted by Crippen LogP contribution is -2.49. The molecular weight excluding hydrogens is 511 g/mol. The van der Waals surface area contributed by atoms with Crippen LogP contribution < -0.4 is 0 Å². The van der Waals surface area contributed by atoms with Gasteiger partial charge in [-0.25, -0.2) is 15.0 Å². The Bertz CT molecular complexity index is 1510. The molecule has 0 bridgehead atoms. The van der Waals surface area contributed by atoms with E-state index in [-0.39, 0.29) is 0 Å². The normalized spacial score (nSPS) is 16.1. The summed E-state index contributed by atoms with van der Waals surface area (Å²) in [5.74, 6) is -0.0684. The summed E-state index contributed by atoms with van der Waals surface area (Å²) in [6.07, 6.45) is -2.03. The van der Waals surface area contributed by atoms with Crippen LogP contribution in [-0.4, -0.2) is 73.0 Å². The summed E-state index contributed by atoms with van der Waals surface area (Å²) in [6, 6.07) is 9.96. The van der Waals surface area contributed by atoms with Gasteiger partial charge >= 0.3 is 6.18 Å². The van der Waals surface area contributed by atoms with Crippen LogP contribution in [0.1, 0.15) is 34.8 Å². The molecule has 6 rings (SSSR count). The largest absolute Gasteiger partial charge is 0.397 e. The highest BCUT2D eigenvalue weighted by Crippen LogP contribution is 2.30. The van der Waals surface area contributed by atoms with Gasteiger partial charge in [-0.1, -0.05) is 6.07 Å². The summed E-state index contributed by atoms with van der Waals surface area (Å²) in [4.78, 5) is 36.7. The van der Waals surface area contributed by atoms with E-state index in [2.05, 4.69) is 24.8 Å². The molecule has 1 fully saturated rings. The smallest absolute Gasteiger partial charge is 0.370 e. The fourth-order valence-electron chi connectivity index (χ4n) is 5.11. The number of nitrogens with zero attached hydrogens (tertiary/aromatic N) is 6. The first-order chi connectivity index (χ1) is 18.8. The first-order valence-electron chi connectivity index (χ1n) is 12.7. The van der Waals surface area contributed by atoms with Gasteiger partial charge in [0.15, 0.2) is 0 Å². The van der Waals surface area contributed by atoms with Gasteiger partial charge in [0, 0.05) is 62.2 Å². The van der Waals surface area contributed by atoms with E-state index in [9.17, 15) is 18.0 Å². The Hall–Kier alpha value is -3.90. The number of piperazine rings is 1. The number of halogens is 3. The van der Waals surface area contributed by atoms with Crippen LogP contribution in [0, 0.1) is 0 Å². The average Bonchev–Trinajstić information content (AvgIpc) is 3.54. The zero-order valence-electron chi connectivity index (χ0n) is 21.0. The Morgan fingerprint density at radius 1 is 1.03 bits per heavy atom. The van der Waals surface area contributed by atoms with Gasteiger partial charge in [-0.15, -0.1) is 0 Å². The van der Waals surface area contributed by atoms with Gasteiger partial charge in [0.05, 0.1) is 35.6 Å². The number of hydrogen-bond acceptors (Lipinski definition) is 7. The van der Waals surface area contributed by atoms with Crippen molar-refractivity contribution in [2.75, 3.05) is 26.2 Å². The lowest BCUT2D eigenvalue weighted by atomic mass is 10.1. The number of benzene rings is 1. The molecule has 3 aromatic heterocycles. The zero-order valence-corrected chi connectivity index (χ0v) is 21.0. The van der Waals surface area contributed by atoms with Crippen LogP contribution in [0.25, 0.3) is 22.3 Å². The fraction of sp³-hybridized carbons (Fsp3) is 0.370. The quantitative estimate of drug-likeness (QED) is 0.401. The number of aromatic amines is 1. The van der Waals surface area contributed by atoms with E-state index in [0.717, 1.165) is 50.6 Å². The zero-order chi connectivity index (χ0) is 27.0. The van der Waals surface area contributed by atoms with E-state index >= 15 is 0 Å². The van der Waals surface area contributed by atoms with Gasteiger partial charge < -0.3 is 14.6 Å². The molecule has 1 saturated heterocycles. The molecular formula is C27H26F3N7O2. The minimum Gasteiger partial charge on any atom is -0.370 e. The number of carbonyl (C=O) groups is 1. The molecule has 0 aliphatic carbocycles. The molecule has 2 aliphatic rings. The van der Waals surface area contributed by atoms with E-state index in [1.807, 2.05) is 30.3 Å². The van der Waals surface area contributed by atoms with Gasteiger partial charge in [0.25, 0.3) is 0 Å². The first-order valence-corrected chi connectivity index (χ1v) is 12.7. The van der Waals surface area contributed by atoms with Crippen LogP contribution in [0.4, 0.5) is 13.2 Å². The maximum atomic E-state index is 12.5. The van der Waals surface area contributed by atoms with E-state index in [0.29, 0.717) is 52.4 Å². The van der Waals surface area contributed by atoms with Crippen molar-refractivity contribution in [1.82, 2.24) is 34.7 Å². The number of hydrogen-bond donors (Lipinski definition) is 1. The molecule has 0 saturated carbocycles. The van der Waals surface area contributed by atoms with Crippen molar-refractivity contribution in [2.45, 2.75) is 38.8 Å². The lowest BCUT2D eigenvalue weighted by Gasteiger charge is -2.35. The molecule has 5 heterocycles. The minimum absolute atomic E-state index is 0.290. The van der Waals surface area contributed by atoms with E-state index < -0.39 is 18.5 Å². The fourth-order valence-corrected chi connectivity index (χ4v) is 5.11. The summed E-state index contributed by atoms with van der Waals surface area (Å²) in [6.45, 7) is 3.27. The Labute approximate surface area is 222 Å². The van der Waals surface area contributed by atoms with E-state index in [1.165, 1.54) is 4.90 Å². The summed E-state index contributed by atoms with van der Waals surface area (Å²) in [5, 5.41) is 0. The number of fused-ring (bicyclic) bond motifs is 2. The van der Waals surface area contributed by atoms with Crippen molar-refractivity contribution >= 4 is 16.9 Å². The third kappa shape index (κ3) is 5.76. The van der Waals surface area contributed by atoms with Gasteiger partial charge in [-0.05, 0) is 29.8 Å². The summed E-state index contributed by atoms with van der Waals surface area (Å²) in [7, 11) is 0. The Kier molecular flexibility index (Phi) is 6.73. The van der Waals surface area contributed by atoms with Gasteiger partial charge in [0.2, 0.25) is 5.91 Å². The molecule has 0 atom stereocenters. The predicted molar refractivity (Wildman–Crippen MR) is 135 cm³/mol. The molecule has 0 spiro atoms. The van der Waals surface area contributed by atoms with Crippen molar-refractivity contribution in [3.63, 3.8) is 0 Å². The van der Waals surface area contributed by atoms with Crippen molar-refractivity contribution in [2.24, 2.45) is 0 Å². The van der Waals surface area contributed by atoms with Crippen LogP contribution in [-0.2, 0) is 35.7 Å². The maximum absolute atomic E-state index is 12.5. The van der Waals surface area contributed by atoms with Crippen molar-refractivity contribution in [1.29, 1.82) is 0 Å². The van der Waals surface area contributed by atoms with Crippen molar-refractivity contribution in [3.8, 4) is 11.3 Å². The number of ether oxygens (including phenoxy) is 1. The first kappa shape index (κ1) is 25.4. The third-order valence-corrected chi connectivity index (χ3v) is 7.04. The minimum atomic E-state index is -4.48. The molecule has 202 valence electrons. The lowest BCUT2D eigenvalue weighted by molar-refractivity contribution is -0.162. The predicted octanol–water partition coefficient (Wildman–Crippen LogP) is 3.63. The second-order valence-electron chi connectivity index (χ2n) is 9.84. The van der Waals surface area contributed by atoms with Gasteiger partial charge in [0.1, 0.15) is 18.6 Å². The van der Waals surface area contributed by atoms with Gasteiger partial charge in [-0.2, -0.15) is 13.2 Å². The molecule has 2 aliphatic heterocycles. The summed E-state index contributed by atoms with van der Waals surface area (Å²) in [5.41, 5.74) is 7.45. The molecule has 12 heteroatoms. The summed E-state index contributed by atoms with van der Waals surface area (Å²) < 4.78 is 43.1. The Balaban J connectivity index is 1.10. The number of aromatic nitrogens is 5. The molecule has 4 aromatic rings. The topological polar surface area (TPSA) is 100 Å². The molecule has 0 radical (unpaired) electrons. The van der Waals surface area contributed by atoms with Crippen LogP contribution in [0.15, 0.2) is 42.9 Å². The number of pyridine rings is 1. The molecule has 39 heavy (non-hydrogen) atoms. The standard InChI is InChI=1S/C27H26F3N7O2/c28-27(29,30)12-25(38)37-7-5-36(6-8-37)13-17-3-4-31-19(9-17)11-24-34-21-2-1-18(10-22(21)35-24)26-20-14-39-15-23(20)32-16-33-26/h1-4,9-10,16H,5-8,11-15H2,(H,34,35). The molecule has 0 unspecified atom stereocenters. The number of imidazole rings is 1. The number of amides is 1. The van der Waals surface area contributed by atoms with Crippen LogP contribution >= 0.6 is 0 Å². The molecule has 1 aromatic carbocycles. The van der Waals surface area contributed by atoms with Gasteiger partial charge in [-0.3, -0.25) is 14.7 Å². The Morgan fingerprint density at radius 2 is 1.87 bits per heavy atom. The number of alkyl halides is 3. The Morgan fingerprint density at radius 3 is 2.69 bits per heavy atom. The SMILES string of the molecule is O=C(CC(F)(F)F)N1CCN(Cc2ccnc(Cc3nc4ccc(-c5ncnc6c5COC6)cc4[nH]3)c2)CC1. The highest BCUT2D eigenvalue weighted by molar-refractivity contribution is 5.82. The second kappa shape index (κ2) is 10.3. The highest BCUT2D eigenvalue weighted by Gasteiger charge is 2.34. The highest BCUT2D eigenvalue weighted by atomic mass is 19.4. The number of carbonyl (C=O) groups excluding carboxylic acids is 1. The summed E-state index contributed by atoms with van der Waals surface area (Å²) >= 11 is 0. The van der Waals surface area contributed by atoms with Crippen molar-refractivity contribution in [3.05, 3.63) is 71.2 Å². The average molecular weight is 538 g/mol. The van der Waals surface area contributed by atoms with E-state index in [1.54, 1.807) is 12.5 Å². The number of nitrogens with one attached hydrogen (secondary N) is 1. The number of rotatable bonds is 6. The monoisotopic (exact) mass is 537 g/mol.